The van der Waals surface area contributed by atoms with Crippen LogP contribution in [0.4, 0.5) is 0 Å². The first-order chi connectivity index (χ1) is 8.74. The van der Waals surface area contributed by atoms with Crippen molar-refractivity contribution in [3.05, 3.63) is 47.5 Å². The molecule has 4 nitrogen and oxygen atoms in total. The molecule has 0 atom stereocenters. The van der Waals surface area contributed by atoms with Gasteiger partial charge in [-0.2, -0.15) is 5.10 Å². The van der Waals surface area contributed by atoms with Gasteiger partial charge in [0.25, 0.3) is 0 Å². The molecule has 2 rings (SSSR count). The minimum absolute atomic E-state index is 0.0945. The largest absolute Gasteiger partial charge is 0.292 e. The number of aryl methyl sites for hydroxylation is 2. The van der Waals surface area contributed by atoms with Crippen LogP contribution in [-0.4, -0.2) is 20.5 Å². The molecule has 0 radical (unpaired) electrons. The number of Topliss-reactive ketones (excluding diaryl/α,β-unsaturated/α-hetero) is 1. The van der Waals surface area contributed by atoms with Gasteiger partial charge in [-0.25, -0.2) is 0 Å². The summed E-state index contributed by atoms with van der Waals surface area (Å²) < 4.78 is 1.78. The van der Waals surface area contributed by atoms with Crippen molar-refractivity contribution in [1.82, 2.24) is 14.8 Å². The van der Waals surface area contributed by atoms with E-state index in [1.165, 1.54) is 0 Å². The minimum Gasteiger partial charge on any atom is -0.292 e. The maximum Gasteiger partial charge on any atom is 0.185 e. The Morgan fingerprint density at radius 3 is 2.83 bits per heavy atom. The van der Waals surface area contributed by atoms with Gasteiger partial charge in [-0.1, -0.05) is 13.0 Å². The number of pyridine rings is 1. The number of carbonyl (C=O) groups excluding carboxylic acids is 1. The second-order valence-corrected chi connectivity index (χ2v) is 4.15. The van der Waals surface area contributed by atoms with E-state index in [9.17, 15) is 4.79 Å². The number of hydrogen-bond acceptors (Lipinski definition) is 3. The normalized spacial score (nSPS) is 10.6. The van der Waals surface area contributed by atoms with Crippen molar-refractivity contribution in [3.63, 3.8) is 0 Å². The Morgan fingerprint density at radius 2 is 2.22 bits per heavy atom. The molecule has 2 aromatic rings. The number of hydrogen-bond donors (Lipinski definition) is 0. The molecule has 4 heteroatoms. The van der Waals surface area contributed by atoms with Crippen LogP contribution in [0.25, 0.3) is 0 Å². The molecular formula is C14H17N3O. The fourth-order valence-corrected chi connectivity index (χ4v) is 1.89. The van der Waals surface area contributed by atoms with E-state index in [0.717, 1.165) is 17.7 Å². The van der Waals surface area contributed by atoms with Crippen LogP contribution < -0.4 is 0 Å². The molecule has 0 aliphatic carbocycles. The van der Waals surface area contributed by atoms with Crippen LogP contribution >= 0.6 is 0 Å². The summed E-state index contributed by atoms with van der Waals surface area (Å²) in [6, 6.07) is 5.65. The van der Waals surface area contributed by atoms with Gasteiger partial charge in [0.15, 0.2) is 5.78 Å². The SMILES string of the molecule is CCc1cc(C(=O)Cc2cccnc2)n(CC)n1. The molecule has 0 aliphatic heterocycles. The van der Waals surface area contributed by atoms with Crippen molar-refractivity contribution in [2.45, 2.75) is 33.2 Å². The van der Waals surface area contributed by atoms with Gasteiger partial charge >= 0.3 is 0 Å². The Hall–Kier alpha value is -1.97. The van der Waals surface area contributed by atoms with Crippen LogP contribution in [0.2, 0.25) is 0 Å². The van der Waals surface area contributed by atoms with Crippen molar-refractivity contribution in [3.8, 4) is 0 Å². The quantitative estimate of drug-likeness (QED) is 0.757. The molecular weight excluding hydrogens is 226 g/mol. The number of aromatic nitrogens is 3. The number of nitrogens with zero attached hydrogens (tertiary/aromatic N) is 3. The summed E-state index contributed by atoms with van der Waals surface area (Å²) in [4.78, 5) is 16.3. The maximum absolute atomic E-state index is 12.2. The van der Waals surface area contributed by atoms with Crippen LogP contribution in [-0.2, 0) is 19.4 Å². The highest BCUT2D eigenvalue weighted by Gasteiger charge is 2.14. The van der Waals surface area contributed by atoms with E-state index in [1.54, 1.807) is 17.1 Å². The van der Waals surface area contributed by atoms with E-state index in [1.807, 2.05) is 32.0 Å². The van der Waals surface area contributed by atoms with Crippen molar-refractivity contribution in [1.29, 1.82) is 0 Å². The average Bonchev–Trinajstić information content (AvgIpc) is 2.83. The zero-order chi connectivity index (χ0) is 13.0. The smallest absolute Gasteiger partial charge is 0.185 e. The highest BCUT2D eigenvalue weighted by Crippen LogP contribution is 2.10. The molecule has 0 saturated heterocycles. The van der Waals surface area contributed by atoms with Gasteiger partial charge in [0, 0.05) is 25.4 Å². The lowest BCUT2D eigenvalue weighted by Gasteiger charge is -2.03. The van der Waals surface area contributed by atoms with E-state index in [4.69, 9.17) is 0 Å². The first kappa shape index (κ1) is 12.5. The number of carbonyl (C=O) groups is 1. The lowest BCUT2D eigenvalue weighted by atomic mass is 10.1. The molecule has 0 aromatic carbocycles. The number of rotatable bonds is 5. The molecule has 0 amide bonds. The zero-order valence-electron chi connectivity index (χ0n) is 10.8. The predicted octanol–water partition coefficient (Wildman–Crippen LogP) is 2.29. The third kappa shape index (κ3) is 2.64. The summed E-state index contributed by atoms with van der Waals surface area (Å²) in [5, 5.41) is 4.39. The average molecular weight is 243 g/mol. The van der Waals surface area contributed by atoms with Crippen LogP contribution in [0.1, 0.15) is 35.6 Å². The molecule has 0 unspecified atom stereocenters. The highest BCUT2D eigenvalue weighted by atomic mass is 16.1. The lowest BCUT2D eigenvalue weighted by molar-refractivity contribution is 0.0982. The summed E-state index contributed by atoms with van der Waals surface area (Å²) in [5.74, 6) is 0.0945. The Morgan fingerprint density at radius 1 is 1.39 bits per heavy atom. The second kappa shape index (κ2) is 5.58. The monoisotopic (exact) mass is 243 g/mol. The summed E-state index contributed by atoms with van der Waals surface area (Å²) in [5.41, 5.74) is 2.59. The Labute approximate surface area is 107 Å². The molecule has 0 N–H and O–H groups in total. The first-order valence-electron chi connectivity index (χ1n) is 6.23. The first-order valence-corrected chi connectivity index (χ1v) is 6.23. The van der Waals surface area contributed by atoms with Gasteiger partial charge < -0.3 is 0 Å². The van der Waals surface area contributed by atoms with Gasteiger partial charge in [0.05, 0.1) is 5.69 Å². The van der Waals surface area contributed by atoms with Crippen LogP contribution in [0.5, 0.6) is 0 Å². The van der Waals surface area contributed by atoms with Crippen LogP contribution in [0, 0.1) is 0 Å². The van der Waals surface area contributed by atoms with Gasteiger partial charge in [-0.15, -0.1) is 0 Å². The summed E-state index contributed by atoms with van der Waals surface area (Å²) in [6.45, 7) is 4.75. The zero-order valence-corrected chi connectivity index (χ0v) is 10.8. The molecule has 0 bridgehead atoms. The maximum atomic E-state index is 12.2. The summed E-state index contributed by atoms with van der Waals surface area (Å²) in [6.07, 6.45) is 4.66. The van der Waals surface area contributed by atoms with Gasteiger partial charge in [-0.05, 0) is 31.0 Å². The fraction of sp³-hybridized carbons (Fsp3) is 0.357. The molecule has 0 saturated carbocycles. The topological polar surface area (TPSA) is 47.8 Å². The summed E-state index contributed by atoms with van der Waals surface area (Å²) in [7, 11) is 0. The third-order valence-corrected chi connectivity index (χ3v) is 2.87. The standard InChI is InChI=1S/C14H17N3O/c1-3-12-9-13(17(4-2)16-12)14(18)8-11-6-5-7-15-10-11/h5-7,9-10H,3-4,8H2,1-2H3. The van der Waals surface area contributed by atoms with Crippen LogP contribution in [0.15, 0.2) is 30.6 Å². The van der Waals surface area contributed by atoms with Gasteiger partial charge in [0.2, 0.25) is 0 Å². The van der Waals surface area contributed by atoms with Gasteiger partial charge in [-0.3, -0.25) is 14.5 Å². The minimum atomic E-state index is 0.0945. The van der Waals surface area contributed by atoms with Crippen molar-refractivity contribution < 1.29 is 4.79 Å². The summed E-state index contributed by atoms with van der Waals surface area (Å²) >= 11 is 0. The highest BCUT2D eigenvalue weighted by molar-refractivity contribution is 5.96. The van der Waals surface area contributed by atoms with E-state index >= 15 is 0 Å². The molecule has 18 heavy (non-hydrogen) atoms. The lowest BCUT2D eigenvalue weighted by Crippen LogP contribution is -2.11. The molecule has 2 aromatic heterocycles. The Kier molecular flexibility index (Phi) is 3.87. The van der Waals surface area contributed by atoms with Crippen molar-refractivity contribution >= 4 is 5.78 Å². The molecule has 0 aliphatic rings. The van der Waals surface area contributed by atoms with Crippen LogP contribution in [0.3, 0.4) is 0 Å². The molecule has 2 heterocycles. The molecule has 0 fully saturated rings. The predicted molar refractivity (Wildman–Crippen MR) is 69.6 cm³/mol. The van der Waals surface area contributed by atoms with Crippen molar-refractivity contribution in [2.24, 2.45) is 0 Å². The Bertz CT molecular complexity index is 531. The molecule has 94 valence electrons. The number of ketones is 1. The van der Waals surface area contributed by atoms with Crippen molar-refractivity contribution in [2.75, 3.05) is 0 Å². The van der Waals surface area contributed by atoms with E-state index < -0.39 is 0 Å². The Balaban J connectivity index is 2.20. The fourth-order valence-electron chi connectivity index (χ4n) is 1.89. The van der Waals surface area contributed by atoms with E-state index in [2.05, 4.69) is 10.1 Å². The molecule has 0 spiro atoms. The third-order valence-electron chi connectivity index (χ3n) is 2.87. The van der Waals surface area contributed by atoms with Gasteiger partial charge in [0.1, 0.15) is 5.69 Å². The second-order valence-electron chi connectivity index (χ2n) is 4.15. The van der Waals surface area contributed by atoms with E-state index in [-0.39, 0.29) is 5.78 Å². The van der Waals surface area contributed by atoms with E-state index in [0.29, 0.717) is 18.7 Å².